The van der Waals surface area contributed by atoms with E-state index in [1.807, 2.05) is 63.1 Å². The van der Waals surface area contributed by atoms with E-state index in [4.69, 9.17) is 26.1 Å². The highest BCUT2D eigenvalue weighted by Gasteiger charge is 2.29. The Labute approximate surface area is 252 Å². The minimum Gasteiger partial charge on any atom is -0.492 e. The fraction of sp³-hybridized carbons (Fsp3) is 0.452. The van der Waals surface area contributed by atoms with Gasteiger partial charge in [0.1, 0.15) is 22.3 Å². The summed E-state index contributed by atoms with van der Waals surface area (Å²) in [5.74, 6) is 1.86. The van der Waals surface area contributed by atoms with Crippen molar-refractivity contribution in [2.45, 2.75) is 52.1 Å². The maximum Gasteiger partial charge on any atom is 0.262 e. The molecule has 1 unspecified atom stereocenters. The lowest BCUT2D eigenvalue weighted by Gasteiger charge is -2.38. The summed E-state index contributed by atoms with van der Waals surface area (Å²) >= 11 is 7.41. The highest BCUT2D eigenvalue weighted by molar-refractivity contribution is 7.98. The number of halogens is 1. The number of aromatic nitrogens is 2. The molecule has 0 aliphatic carbocycles. The van der Waals surface area contributed by atoms with Gasteiger partial charge in [-0.05, 0) is 62.9 Å². The second-order valence-electron chi connectivity index (χ2n) is 9.19. The fourth-order valence-corrected chi connectivity index (χ4v) is 5.53. The van der Waals surface area contributed by atoms with E-state index >= 15 is 0 Å². The Morgan fingerprint density at radius 3 is 2.29 bits per heavy atom. The highest BCUT2D eigenvalue weighted by atomic mass is 35.5. The molecule has 0 N–H and O–H groups in total. The van der Waals surface area contributed by atoms with Gasteiger partial charge in [-0.2, -0.15) is 0 Å². The minimum atomic E-state index is -0.160. The standard InChI is InChI=1S/C29H35ClN4O4S.C2H6/c1-5-23-28(39-4)31-27(34(29(23)36)24-9-7-8-10-25(24)37-6-2)20(3)32-15-17-33(18-16-32)26(35)19-38-22-13-11-21(30)12-14-22;1-2/h7-14,20H,5-6,15-19H2,1-4H3;1-2H3. The van der Waals surface area contributed by atoms with Gasteiger partial charge in [-0.3, -0.25) is 19.1 Å². The van der Waals surface area contributed by atoms with E-state index in [9.17, 15) is 9.59 Å². The maximum atomic E-state index is 13.9. The average molecular weight is 601 g/mol. The SMILES string of the molecule is CC.CCOc1ccccc1-n1c(C(C)N2CCN(C(=O)COc3ccc(Cl)cc3)CC2)nc(SC)c(CC)c1=O. The lowest BCUT2D eigenvalue weighted by molar-refractivity contribution is -0.135. The predicted molar refractivity (Wildman–Crippen MR) is 167 cm³/mol. The molecule has 1 amide bonds. The van der Waals surface area contributed by atoms with Gasteiger partial charge in [0.25, 0.3) is 11.5 Å². The molecule has 0 saturated carbocycles. The Morgan fingerprint density at radius 1 is 1.02 bits per heavy atom. The topological polar surface area (TPSA) is 76.9 Å². The van der Waals surface area contributed by atoms with Gasteiger partial charge in [0.2, 0.25) is 0 Å². The monoisotopic (exact) mass is 600 g/mol. The van der Waals surface area contributed by atoms with Crippen molar-refractivity contribution >= 4 is 29.3 Å². The highest BCUT2D eigenvalue weighted by Crippen LogP contribution is 2.29. The van der Waals surface area contributed by atoms with Crippen LogP contribution in [0.1, 0.15) is 52.0 Å². The Morgan fingerprint density at radius 2 is 1.68 bits per heavy atom. The fourth-order valence-electron chi connectivity index (χ4n) is 4.74. The third kappa shape index (κ3) is 7.84. The Bertz CT molecular complexity index is 1340. The quantitative estimate of drug-likeness (QED) is 0.212. The first kappa shape index (κ1) is 32.5. The third-order valence-electron chi connectivity index (χ3n) is 6.88. The van der Waals surface area contributed by atoms with Crippen molar-refractivity contribution in [1.29, 1.82) is 0 Å². The molecule has 1 fully saturated rings. The first-order chi connectivity index (χ1) is 19.9. The van der Waals surface area contributed by atoms with Crippen LogP contribution in [0.4, 0.5) is 0 Å². The summed E-state index contributed by atoms with van der Waals surface area (Å²) in [4.78, 5) is 35.8. The van der Waals surface area contributed by atoms with Gasteiger partial charge in [0.15, 0.2) is 6.61 Å². The number of hydrogen-bond acceptors (Lipinski definition) is 7. The molecule has 8 nitrogen and oxygen atoms in total. The van der Waals surface area contributed by atoms with Crippen LogP contribution in [-0.2, 0) is 11.2 Å². The van der Waals surface area contributed by atoms with Gasteiger partial charge in [-0.15, -0.1) is 11.8 Å². The van der Waals surface area contributed by atoms with Crippen molar-refractivity contribution in [2.75, 3.05) is 45.6 Å². The smallest absolute Gasteiger partial charge is 0.262 e. The predicted octanol–water partition coefficient (Wildman–Crippen LogP) is 5.88. The summed E-state index contributed by atoms with van der Waals surface area (Å²) in [5.41, 5.74) is 1.31. The number of amides is 1. The molecular weight excluding hydrogens is 560 g/mol. The maximum absolute atomic E-state index is 13.9. The molecule has 4 rings (SSSR count). The molecule has 0 radical (unpaired) electrons. The summed E-state index contributed by atoms with van der Waals surface area (Å²) in [7, 11) is 0. The lowest BCUT2D eigenvalue weighted by Crippen LogP contribution is -2.51. The van der Waals surface area contributed by atoms with E-state index in [1.165, 1.54) is 11.8 Å². The Balaban J connectivity index is 0.00000226. The van der Waals surface area contributed by atoms with Gasteiger partial charge in [0.05, 0.1) is 18.3 Å². The van der Waals surface area contributed by atoms with Crippen LogP contribution in [0.5, 0.6) is 11.5 Å². The van der Waals surface area contributed by atoms with Crippen LogP contribution >= 0.6 is 23.4 Å². The Hall–Kier alpha value is -3.01. The van der Waals surface area contributed by atoms with Crippen molar-refractivity contribution in [1.82, 2.24) is 19.4 Å². The molecule has 0 spiro atoms. The van der Waals surface area contributed by atoms with Crippen LogP contribution in [-0.4, -0.2) is 70.9 Å². The zero-order valence-electron chi connectivity index (χ0n) is 24.9. The van der Waals surface area contributed by atoms with Gasteiger partial charge < -0.3 is 14.4 Å². The number of ether oxygens (including phenoxy) is 2. The number of benzene rings is 2. The zero-order chi connectivity index (χ0) is 29.9. The third-order valence-corrected chi connectivity index (χ3v) is 7.86. The van der Waals surface area contributed by atoms with Crippen LogP contribution in [0.25, 0.3) is 5.69 Å². The second kappa shape index (κ2) is 15.8. The molecule has 10 heteroatoms. The zero-order valence-corrected chi connectivity index (χ0v) is 26.4. The second-order valence-corrected chi connectivity index (χ2v) is 10.4. The van der Waals surface area contributed by atoms with Gasteiger partial charge >= 0.3 is 0 Å². The largest absolute Gasteiger partial charge is 0.492 e. The molecular formula is C31H41ClN4O4S. The molecule has 3 aromatic rings. The summed E-state index contributed by atoms with van der Waals surface area (Å²) in [5, 5.41) is 1.37. The van der Waals surface area contributed by atoms with E-state index in [2.05, 4.69) is 11.8 Å². The molecule has 222 valence electrons. The van der Waals surface area contributed by atoms with Gasteiger partial charge in [-0.25, -0.2) is 4.98 Å². The molecule has 1 saturated heterocycles. The van der Waals surface area contributed by atoms with Crippen LogP contribution in [0.2, 0.25) is 5.02 Å². The van der Waals surface area contributed by atoms with Crippen molar-refractivity contribution < 1.29 is 14.3 Å². The van der Waals surface area contributed by atoms with Crippen LogP contribution < -0.4 is 15.0 Å². The first-order valence-electron chi connectivity index (χ1n) is 14.2. The molecule has 1 aliphatic rings. The molecule has 2 aromatic carbocycles. The summed E-state index contributed by atoms with van der Waals surface area (Å²) < 4.78 is 13.3. The van der Waals surface area contributed by atoms with E-state index in [-0.39, 0.29) is 24.1 Å². The summed E-state index contributed by atoms with van der Waals surface area (Å²) in [6, 6.07) is 14.4. The van der Waals surface area contributed by atoms with Gasteiger partial charge in [-0.1, -0.05) is 44.5 Å². The summed E-state index contributed by atoms with van der Waals surface area (Å²) in [6.07, 6.45) is 2.54. The number of para-hydroxylation sites is 2. The first-order valence-corrected chi connectivity index (χ1v) is 15.8. The average Bonchev–Trinajstić information content (AvgIpc) is 3.01. The number of carbonyl (C=O) groups excluding carboxylic acids is 1. The normalized spacial score (nSPS) is 14.2. The van der Waals surface area contributed by atoms with Crippen molar-refractivity contribution in [3.05, 3.63) is 75.3 Å². The molecule has 1 aliphatic heterocycles. The van der Waals surface area contributed by atoms with Crippen molar-refractivity contribution in [2.24, 2.45) is 0 Å². The van der Waals surface area contributed by atoms with E-state index in [1.54, 1.807) is 28.8 Å². The molecule has 41 heavy (non-hydrogen) atoms. The van der Waals surface area contributed by atoms with E-state index < -0.39 is 0 Å². The molecule has 1 aromatic heterocycles. The van der Waals surface area contributed by atoms with Gasteiger partial charge in [0, 0.05) is 36.8 Å². The van der Waals surface area contributed by atoms with Crippen LogP contribution in [0.15, 0.2) is 58.4 Å². The van der Waals surface area contributed by atoms with Crippen molar-refractivity contribution in [3.8, 4) is 17.2 Å². The van der Waals surface area contributed by atoms with Crippen LogP contribution in [0, 0.1) is 0 Å². The number of rotatable bonds is 10. The van der Waals surface area contributed by atoms with E-state index in [0.717, 1.165) is 5.03 Å². The lowest BCUT2D eigenvalue weighted by atomic mass is 10.1. The Kier molecular flexibility index (Phi) is 12.6. The minimum absolute atomic E-state index is 0.0257. The van der Waals surface area contributed by atoms with Crippen LogP contribution in [0.3, 0.4) is 0 Å². The number of piperazine rings is 1. The summed E-state index contributed by atoms with van der Waals surface area (Å²) in [6.45, 7) is 12.9. The molecule has 2 heterocycles. The van der Waals surface area contributed by atoms with Crippen molar-refractivity contribution in [3.63, 3.8) is 0 Å². The number of hydrogen-bond donors (Lipinski definition) is 0. The van der Waals surface area contributed by atoms with E-state index in [0.29, 0.717) is 72.8 Å². The molecule has 0 bridgehead atoms. The number of carbonyl (C=O) groups is 1. The number of nitrogens with zero attached hydrogens (tertiary/aromatic N) is 4. The molecule has 1 atom stereocenters. The number of thioether (sulfide) groups is 1.